The lowest BCUT2D eigenvalue weighted by Gasteiger charge is -2.44. The fourth-order valence-electron chi connectivity index (χ4n) is 5.49. The Kier molecular flexibility index (Phi) is 6.07. The Balaban J connectivity index is 1.29. The molecule has 4 nitrogen and oxygen atoms in total. The highest BCUT2D eigenvalue weighted by molar-refractivity contribution is 5.79. The van der Waals surface area contributed by atoms with E-state index in [9.17, 15) is 4.79 Å². The summed E-state index contributed by atoms with van der Waals surface area (Å²) in [5, 5.41) is 0. The van der Waals surface area contributed by atoms with Crippen LogP contribution in [0.2, 0.25) is 0 Å². The average molecular weight is 384 g/mol. The van der Waals surface area contributed by atoms with Gasteiger partial charge in [-0.15, -0.1) is 0 Å². The quantitative estimate of drug-likeness (QED) is 0.799. The van der Waals surface area contributed by atoms with Gasteiger partial charge in [-0.3, -0.25) is 14.6 Å². The Morgan fingerprint density at radius 1 is 0.964 bits per heavy atom. The van der Waals surface area contributed by atoms with Crippen molar-refractivity contribution < 1.29 is 4.79 Å². The molecular weight excluding hydrogens is 346 g/mol. The number of fused-ring (bicyclic) bond motifs is 1. The van der Waals surface area contributed by atoms with Gasteiger partial charge in [0.15, 0.2) is 0 Å². The Morgan fingerprint density at radius 3 is 2.21 bits per heavy atom. The SMILES string of the molecule is CC(C)N(C)C(=O)C1CCCN(C2CCN(C3Cc4ccccc4C3)CC2)C1. The fraction of sp³-hybridized carbons (Fsp3) is 0.708. The van der Waals surface area contributed by atoms with Gasteiger partial charge in [0.1, 0.15) is 0 Å². The van der Waals surface area contributed by atoms with Crippen LogP contribution in [0.5, 0.6) is 0 Å². The molecule has 28 heavy (non-hydrogen) atoms. The summed E-state index contributed by atoms with van der Waals surface area (Å²) in [7, 11) is 1.96. The van der Waals surface area contributed by atoms with Crippen molar-refractivity contribution in [3.8, 4) is 0 Å². The molecule has 0 spiro atoms. The van der Waals surface area contributed by atoms with Gasteiger partial charge >= 0.3 is 0 Å². The molecule has 1 aromatic carbocycles. The zero-order valence-electron chi connectivity index (χ0n) is 17.9. The molecule has 0 radical (unpaired) electrons. The number of hydrogen-bond acceptors (Lipinski definition) is 3. The summed E-state index contributed by atoms with van der Waals surface area (Å²) in [6, 6.07) is 10.6. The van der Waals surface area contributed by atoms with E-state index in [4.69, 9.17) is 0 Å². The van der Waals surface area contributed by atoms with Gasteiger partial charge in [0, 0.05) is 31.7 Å². The van der Waals surface area contributed by atoms with Crippen molar-refractivity contribution in [3.63, 3.8) is 0 Å². The maximum absolute atomic E-state index is 12.8. The van der Waals surface area contributed by atoms with Crippen molar-refractivity contribution >= 4 is 5.91 Å². The minimum absolute atomic E-state index is 0.198. The summed E-state index contributed by atoms with van der Waals surface area (Å²) in [5.74, 6) is 0.546. The number of hydrogen-bond donors (Lipinski definition) is 0. The number of carbonyl (C=O) groups excluding carboxylic acids is 1. The minimum atomic E-state index is 0.198. The zero-order chi connectivity index (χ0) is 19.7. The molecule has 154 valence electrons. The number of benzene rings is 1. The van der Waals surface area contributed by atoms with Crippen LogP contribution in [0, 0.1) is 5.92 Å². The van der Waals surface area contributed by atoms with Crippen LogP contribution in [0.1, 0.15) is 50.7 Å². The van der Waals surface area contributed by atoms with Gasteiger partial charge in [-0.2, -0.15) is 0 Å². The van der Waals surface area contributed by atoms with E-state index >= 15 is 0 Å². The van der Waals surface area contributed by atoms with Crippen LogP contribution in [0.4, 0.5) is 0 Å². The zero-order valence-corrected chi connectivity index (χ0v) is 17.9. The summed E-state index contributed by atoms with van der Waals surface area (Å²) in [4.78, 5) is 20.1. The first kappa shape index (κ1) is 19.9. The molecule has 1 aromatic rings. The summed E-state index contributed by atoms with van der Waals surface area (Å²) >= 11 is 0. The molecule has 3 aliphatic rings. The van der Waals surface area contributed by atoms with Crippen LogP contribution in [0.25, 0.3) is 0 Å². The first-order valence-corrected chi connectivity index (χ1v) is 11.3. The van der Waals surface area contributed by atoms with E-state index in [1.165, 1.54) is 51.7 Å². The number of likely N-dealkylation sites (tertiary alicyclic amines) is 2. The first-order valence-electron chi connectivity index (χ1n) is 11.3. The lowest BCUT2D eigenvalue weighted by atomic mass is 9.92. The van der Waals surface area contributed by atoms with Crippen LogP contribution in [-0.4, -0.2) is 72.0 Å². The smallest absolute Gasteiger partial charge is 0.226 e. The number of amides is 1. The van der Waals surface area contributed by atoms with Gasteiger partial charge in [-0.25, -0.2) is 0 Å². The Morgan fingerprint density at radius 2 is 1.61 bits per heavy atom. The number of carbonyl (C=O) groups is 1. The fourth-order valence-corrected chi connectivity index (χ4v) is 5.49. The van der Waals surface area contributed by atoms with Crippen LogP contribution in [0.3, 0.4) is 0 Å². The lowest BCUT2D eigenvalue weighted by Crippen LogP contribution is -2.52. The average Bonchev–Trinajstić information content (AvgIpc) is 3.17. The third-order valence-corrected chi connectivity index (χ3v) is 7.49. The molecule has 1 atom stereocenters. The second kappa shape index (κ2) is 8.54. The number of nitrogens with zero attached hydrogens (tertiary/aromatic N) is 3. The lowest BCUT2D eigenvalue weighted by molar-refractivity contribution is -0.138. The molecule has 1 aliphatic carbocycles. The maximum Gasteiger partial charge on any atom is 0.226 e. The van der Waals surface area contributed by atoms with E-state index in [2.05, 4.69) is 47.9 Å². The van der Waals surface area contributed by atoms with Crippen LogP contribution in [0.15, 0.2) is 24.3 Å². The van der Waals surface area contributed by atoms with E-state index in [1.807, 2.05) is 11.9 Å². The standard InChI is InChI=1S/C24H37N3O/c1-18(2)25(3)24(28)21-9-6-12-27(17-21)22-10-13-26(14-11-22)23-15-19-7-4-5-8-20(19)16-23/h4-5,7-8,18,21-23H,6,9-17H2,1-3H3. The molecule has 0 saturated carbocycles. The molecule has 2 saturated heterocycles. The van der Waals surface area contributed by atoms with E-state index < -0.39 is 0 Å². The molecule has 2 aliphatic heterocycles. The normalized spacial score (nSPS) is 25.2. The molecule has 0 N–H and O–H groups in total. The van der Waals surface area contributed by atoms with Crippen molar-refractivity contribution in [1.82, 2.24) is 14.7 Å². The molecule has 1 amide bonds. The summed E-state index contributed by atoms with van der Waals surface area (Å²) < 4.78 is 0. The van der Waals surface area contributed by atoms with E-state index in [-0.39, 0.29) is 5.92 Å². The molecule has 0 aromatic heterocycles. The largest absolute Gasteiger partial charge is 0.343 e. The van der Waals surface area contributed by atoms with Crippen molar-refractivity contribution in [1.29, 1.82) is 0 Å². The Bertz CT molecular complexity index is 655. The highest BCUT2D eigenvalue weighted by atomic mass is 16.2. The molecule has 4 rings (SSSR count). The van der Waals surface area contributed by atoms with Gasteiger partial charge in [0.05, 0.1) is 5.92 Å². The molecule has 1 unspecified atom stereocenters. The van der Waals surface area contributed by atoms with Crippen molar-refractivity contribution in [3.05, 3.63) is 35.4 Å². The predicted molar refractivity (Wildman–Crippen MR) is 114 cm³/mol. The highest BCUT2D eigenvalue weighted by Gasteiger charge is 2.35. The summed E-state index contributed by atoms with van der Waals surface area (Å²) in [6.45, 7) is 8.78. The van der Waals surface area contributed by atoms with Crippen molar-refractivity contribution in [2.45, 2.75) is 70.5 Å². The van der Waals surface area contributed by atoms with E-state index in [0.29, 0.717) is 24.0 Å². The van der Waals surface area contributed by atoms with Crippen LogP contribution >= 0.6 is 0 Å². The number of piperidine rings is 2. The molecule has 0 bridgehead atoms. The van der Waals surface area contributed by atoms with Gasteiger partial charge in [0.2, 0.25) is 5.91 Å². The second-order valence-corrected chi connectivity index (χ2v) is 9.47. The first-order chi connectivity index (χ1) is 13.5. The van der Waals surface area contributed by atoms with Crippen LogP contribution in [-0.2, 0) is 17.6 Å². The van der Waals surface area contributed by atoms with Gasteiger partial charge in [-0.05, 0) is 83.1 Å². The molecular formula is C24H37N3O. The van der Waals surface area contributed by atoms with E-state index in [0.717, 1.165) is 13.0 Å². The van der Waals surface area contributed by atoms with Gasteiger partial charge in [-0.1, -0.05) is 24.3 Å². The van der Waals surface area contributed by atoms with Crippen molar-refractivity contribution in [2.75, 3.05) is 33.2 Å². The molecule has 2 fully saturated rings. The summed E-state index contributed by atoms with van der Waals surface area (Å²) in [5.41, 5.74) is 3.11. The minimum Gasteiger partial charge on any atom is -0.343 e. The summed E-state index contributed by atoms with van der Waals surface area (Å²) in [6.07, 6.45) is 7.19. The monoisotopic (exact) mass is 383 g/mol. The number of rotatable bonds is 4. The second-order valence-electron chi connectivity index (χ2n) is 9.47. The Labute approximate surface area is 170 Å². The maximum atomic E-state index is 12.8. The highest BCUT2D eigenvalue weighted by Crippen LogP contribution is 2.30. The topological polar surface area (TPSA) is 26.8 Å². The molecule has 2 heterocycles. The third-order valence-electron chi connectivity index (χ3n) is 7.49. The molecule has 4 heteroatoms. The van der Waals surface area contributed by atoms with E-state index in [1.54, 1.807) is 11.1 Å². The van der Waals surface area contributed by atoms with Crippen molar-refractivity contribution in [2.24, 2.45) is 5.92 Å². The van der Waals surface area contributed by atoms with Crippen LogP contribution < -0.4 is 0 Å². The van der Waals surface area contributed by atoms with Gasteiger partial charge < -0.3 is 4.90 Å². The van der Waals surface area contributed by atoms with Gasteiger partial charge in [0.25, 0.3) is 0 Å². The predicted octanol–water partition coefficient (Wildman–Crippen LogP) is 3.20. The Hall–Kier alpha value is -1.39. The third kappa shape index (κ3) is 4.13.